The summed E-state index contributed by atoms with van der Waals surface area (Å²) < 4.78 is 0. The second kappa shape index (κ2) is 6.54. The number of nitrogens with two attached hydrogens (primary N) is 1. The Balaban J connectivity index is 1.73. The summed E-state index contributed by atoms with van der Waals surface area (Å²) in [5, 5.41) is 6.27. The van der Waals surface area contributed by atoms with Crippen molar-refractivity contribution in [3.63, 3.8) is 0 Å². The first kappa shape index (κ1) is 13.1. The topological polar surface area (TPSA) is 67.1 Å². The maximum atomic E-state index is 11.7. The van der Waals surface area contributed by atoms with Crippen molar-refractivity contribution in [2.75, 3.05) is 23.3 Å². The molecule has 0 aliphatic carbocycles. The number of amides is 2. The number of urea groups is 1. The Morgan fingerprint density at radius 3 is 2.78 bits per heavy atom. The third-order valence-corrected chi connectivity index (χ3v) is 4.33. The second-order valence-corrected chi connectivity index (χ2v) is 5.85. The zero-order valence-electron chi connectivity index (χ0n) is 10.3. The van der Waals surface area contributed by atoms with E-state index in [4.69, 9.17) is 5.73 Å². The Hall–Kier alpha value is -1.36. The maximum Gasteiger partial charge on any atom is 0.319 e. The lowest BCUT2D eigenvalue weighted by molar-refractivity contribution is 0.252. The van der Waals surface area contributed by atoms with Gasteiger partial charge >= 0.3 is 6.03 Å². The van der Waals surface area contributed by atoms with Gasteiger partial charge < -0.3 is 16.4 Å². The van der Waals surface area contributed by atoms with Crippen LogP contribution in [0.2, 0.25) is 0 Å². The van der Waals surface area contributed by atoms with Gasteiger partial charge in [0.2, 0.25) is 0 Å². The fraction of sp³-hybridized carbons (Fsp3) is 0.462. The highest BCUT2D eigenvalue weighted by Gasteiger charge is 2.14. The molecule has 18 heavy (non-hydrogen) atoms. The van der Waals surface area contributed by atoms with E-state index in [0.717, 1.165) is 12.2 Å². The van der Waals surface area contributed by atoms with E-state index in [0.29, 0.717) is 10.9 Å². The Bertz CT molecular complexity index is 388. The SMILES string of the molecule is Nc1ccc(NC(=O)NCC2CCCCS2)cc1. The highest BCUT2D eigenvalue weighted by molar-refractivity contribution is 7.99. The average Bonchev–Trinajstić information content (AvgIpc) is 2.40. The molecule has 1 unspecified atom stereocenters. The number of anilines is 2. The number of carbonyl (C=O) groups is 1. The molecule has 4 nitrogen and oxygen atoms in total. The van der Waals surface area contributed by atoms with E-state index in [9.17, 15) is 4.79 Å². The molecule has 0 spiro atoms. The molecule has 1 aliphatic rings. The van der Waals surface area contributed by atoms with Crippen molar-refractivity contribution >= 4 is 29.2 Å². The first-order chi connectivity index (χ1) is 8.74. The molecule has 1 aliphatic heterocycles. The van der Waals surface area contributed by atoms with Gasteiger partial charge in [0.15, 0.2) is 0 Å². The Kier molecular flexibility index (Phi) is 4.75. The molecule has 1 aromatic rings. The van der Waals surface area contributed by atoms with E-state index in [2.05, 4.69) is 10.6 Å². The average molecular weight is 265 g/mol. The van der Waals surface area contributed by atoms with Gasteiger partial charge in [0.05, 0.1) is 0 Å². The molecule has 1 saturated heterocycles. The van der Waals surface area contributed by atoms with Crippen molar-refractivity contribution in [1.82, 2.24) is 5.32 Å². The van der Waals surface area contributed by atoms with Crippen molar-refractivity contribution in [3.05, 3.63) is 24.3 Å². The van der Waals surface area contributed by atoms with Crippen LogP contribution in [-0.2, 0) is 0 Å². The summed E-state index contributed by atoms with van der Waals surface area (Å²) in [5.41, 5.74) is 7.04. The molecule has 0 bridgehead atoms. The summed E-state index contributed by atoms with van der Waals surface area (Å²) in [7, 11) is 0. The highest BCUT2D eigenvalue weighted by Crippen LogP contribution is 2.24. The van der Waals surface area contributed by atoms with Crippen molar-refractivity contribution < 1.29 is 4.79 Å². The lowest BCUT2D eigenvalue weighted by atomic mass is 10.2. The van der Waals surface area contributed by atoms with Crippen molar-refractivity contribution in [3.8, 4) is 0 Å². The number of hydrogen-bond donors (Lipinski definition) is 3. The van der Waals surface area contributed by atoms with Gasteiger partial charge in [-0.15, -0.1) is 0 Å². The van der Waals surface area contributed by atoms with Gasteiger partial charge in [-0.05, 0) is 42.9 Å². The molecule has 1 heterocycles. The Morgan fingerprint density at radius 2 is 2.11 bits per heavy atom. The van der Waals surface area contributed by atoms with Crippen LogP contribution in [0.25, 0.3) is 0 Å². The summed E-state index contributed by atoms with van der Waals surface area (Å²) in [6, 6.07) is 6.99. The third-order valence-electron chi connectivity index (χ3n) is 2.93. The van der Waals surface area contributed by atoms with E-state index in [-0.39, 0.29) is 6.03 Å². The lowest BCUT2D eigenvalue weighted by Crippen LogP contribution is -2.35. The van der Waals surface area contributed by atoms with Crippen molar-refractivity contribution in [1.29, 1.82) is 0 Å². The highest BCUT2D eigenvalue weighted by atomic mass is 32.2. The van der Waals surface area contributed by atoms with Crippen LogP contribution in [0.15, 0.2) is 24.3 Å². The molecule has 0 saturated carbocycles. The van der Waals surface area contributed by atoms with Crippen LogP contribution in [0.3, 0.4) is 0 Å². The second-order valence-electron chi connectivity index (χ2n) is 4.45. The van der Waals surface area contributed by atoms with E-state index >= 15 is 0 Å². The third kappa shape index (κ3) is 4.14. The van der Waals surface area contributed by atoms with Gasteiger partial charge in [-0.25, -0.2) is 4.79 Å². The largest absolute Gasteiger partial charge is 0.399 e. The summed E-state index contributed by atoms with van der Waals surface area (Å²) in [6.45, 7) is 0.742. The van der Waals surface area contributed by atoms with Crippen molar-refractivity contribution in [2.45, 2.75) is 24.5 Å². The number of benzene rings is 1. The van der Waals surface area contributed by atoms with Crippen LogP contribution < -0.4 is 16.4 Å². The molecule has 2 amide bonds. The number of nitrogen functional groups attached to an aromatic ring is 1. The summed E-state index contributed by atoms with van der Waals surface area (Å²) in [4.78, 5) is 11.7. The van der Waals surface area contributed by atoms with Crippen LogP contribution in [0.4, 0.5) is 16.2 Å². The molecule has 1 aromatic carbocycles. The van der Waals surface area contributed by atoms with Gasteiger partial charge in [-0.2, -0.15) is 11.8 Å². The zero-order valence-corrected chi connectivity index (χ0v) is 11.1. The number of thioether (sulfide) groups is 1. The molecule has 5 heteroatoms. The van der Waals surface area contributed by atoms with E-state index in [1.807, 2.05) is 11.8 Å². The predicted molar refractivity (Wildman–Crippen MR) is 78.0 cm³/mol. The number of rotatable bonds is 3. The van der Waals surface area contributed by atoms with Crippen LogP contribution in [0.1, 0.15) is 19.3 Å². The summed E-state index contributed by atoms with van der Waals surface area (Å²) in [5.74, 6) is 1.21. The van der Waals surface area contributed by atoms with Crippen LogP contribution >= 0.6 is 11.8 Å². The monoisotopic (exact) mass is 265 g/mol. The zero-order chi connectivity index (χ0) is 12.8. The van der Waals surface area contributed by atoms with E-state index < -0.39 is 0 Å². The fourth-order valence-electron chi connectivity index (χ4n) is 1.92. The van der Waals surface area contributed by atoms with Gasteiger partial charge in [-0.3, -0.25) is 0 Å². The van der Waals surface area contributed by atoms with Gasteiger partial charge in [-0.1, -0.05) is 6.42 Å². The first-order valence-electron chi connectivity index (χ1n) is 6.26. The van der Waals surface area contributed by atoms with E-state index in [1.54, 1.807) is 24.3 Å². The van der Waals surface area contributed by atoms with E-state index in [1.165, 1.54) is 25.0 Å². The van der Waals surface area contributed by atoms with Gasteiger partial charge in [0.1, 0.15) is 0 Å². The molecule has 1 atom stereocenters. The van der Waals surface area contributed by atoms with Crippen LogP contribution in [0.5, 0.6) is 0 Å². The predicted octanol–water partition coefficient (Wildman–Crippen LogP) is 2.68. The Morgan fingerprint density at radius 1 is 1.33 bits per heavy atom. The lowest BCUT2D eigenvalue weighted by Gasteiger charge is -2.21. The smallest absolute Gasteiger partial charge is 0.319 e. The van der Waals surface area contributed by atoms with Gasteiger partial charge in [0.25, 0.3) is 0 Å². The fourth-order valence-corrected chi connectivity index (χ4v) is 3.16. The number of hydrogen-bond acceptors (Lipinski definition) is 3. The van der Waals surface area contributed by atoms with Crippen LogP contribution in [0, 0.1) is 0 Å². The molecule has 2 rings (SSSR count). The minimum atomic E-state index is -0.147. The summed E-state index contributed by atoms with van der Waals surface area (Å²) in [6.07, 6.45) is 3.78. The maximum absolute atomic E-state index is 11.7. The Labute approximate surface area is 112 Å². The molecule has 1 fully saturated rings. The quantitative estimate of drug-likeness (QED) is 0.736. The summed E-state index contributed by atoms with van der Waals surface area (Å²) >= 11 is 1.95. The molecule has 98 valence electrons. The normalized spacial score (nSPS) is 19.2. The minimum absolute atomic E-state index is 0.147. The molecular weight excluding hydrogens is 246 g/mol. The number of carbonyl (C=O) groups excluding carboxylic acids is 1. The molecule has 4 N–H and O–H groups in total. The number of nitrogens with one attached hydrogen (secondary N) is 2. The van der Waals surface area contributed by atoms with Crippen molar-refractivity contribution in [2.24, 2.45) is 0 Å². The van der Waals surface area contributed by atoms with Crippen LogP contribution in [-0.4, -0.2) is 23.6 Å². The molecular formula is C13H19N3OS. The molecule has 0 radical (unpaired) electrons. The standard InChI is InChI=1S/C13H19N3OS/c14-10-4-6-11(7-5-10)16-13(17)15-9-12-3-1-2-8-18-12/h4-7,12H,1-3,8-9,14H2,(H2,15,16,17). The first-order valence-corrected chi connectivity index (χ1v) is 7.31. The molecule has 0 aromatic heterocycles. The van der Waals surface area contributed by atoms with Gasteiger partial charge in [0, 0.05) is 23.2 Å². The minimum Gasteiger partial charge on any atom is -0.399 e.